The molecule has 1 atom stereocenters. The highest BCUT2D eigenvalue weighted by Gasteiger charge is 2.16. The molecule has 0 aliphatic heterocycles. The van der Waals surface area contributed by atoms with Gasteiger partial charge in [-0.15, -0.1) is 0 Å². The first-order chi connectivity index (χ1) is 11.8. The van der Waals surface area contributed by atoms with Gasteiger partial charge in [-0.25, -0.2) is 0 Å². The summed E-state index contributed by atoms with van der Waals surface area (Å²) in [5.41, 5.74) is 1.42. The lowest BCUT2D eigenvalue weighted by molar-refractivity contribution is 0.0268. The first-order valence-corrected chi connectivity index (χ1v) is 8.70. The van der Waals surface area contributed by atoms with Crippen LogP contribution in [0.3, 0.4) is 0 Å². The summed E-state index contributed by atoms with van der Waals surface area (Å²) >= 11 is 0. The molecule has 140 valence electrons. The highest BCUT2D eigenvalue weighted by Crippen LogP contribution is 2.07. The Balaban J connectivity index is 2.62. The van der Waals surface area contributed by atoms with Gasteiger partial charge in [-0.2, -0.15) is 0 Å². The number of nitrogens with zero attached hydrogens (tertiary/aromatic N) is 1. The lowest BCUT2D eigenvalue weighted by Gasteiger charge is -2.24. The number of carbonyl (C=O) groups excluding carboxylic acids is 1. The normalized spacial score (nSPS) is 13.3. The minimum absolute atomic E-state index is 0.0412. The zero-order valence-electron chi connectivity index (χ0n) is 16.3. The Morgan fingerprint density at radius 3 is 2.64 bits per heavy atom. The Labute approximate surface area is 151 Å². The molecule has 0 heterocycles. The number of methoxy groups -OCH3 is 1. The SMILES string of the molecule is CCC(C)NC(=O)c1cccc(CNC(=NC)NCC(C)(C)OC)c1. The summed E-state index contributed by atoms with van der Waals surface area (Å²) in [6.07, 6.45) is 0.910. The molecule has 0 fully saturated rings. The molecule has 0 saturated carbocycles. The van der Waals surface area contributed by atoms with Crippen LogP contribution in [-0.2, 0) is 11.3 Å². The first-order valence-electron chi connectivity index (χ1n) is 8.70. The van der Waals surface area contributed by atoms with E-state index in [4.69, 9.17) is 4.74 Å². The van der Waals surface area contributed by atoms with Crippen LogP contribution in [0.1, 0.15) is 50.0 Å². The molecule has 1 amide bonds. The van der Waals surface area contributed by atoms with Crippen molar-refractivity contribution in [3.8, 4) is 0 Å². The second kappa shape index (κ2) is 10.0. The number of aliphatic imine (C=N–C) groups is 1. The van der Waals surface area contributed by atoms with Crippen molar-refractivity contribution in [2.24, 2.45) is 4.99 Å². The maximum Gasteiger partial charge on any atom is 0.251 e. The fraction of sp³-hybridized carbons (Fsp3) is 0.579. The number of nitrogens with one attached hydrogen (secondary N) is 3. The van der Waals surface area contributed by atoms with Crippen LogP contribution in [0.4, 0.5) is 0 Å². The summed E-state index contributed by atoms with van der Waals surface area (Å²) in [4.78, 5) is 16.4. The van der Waals surface area contributed by atoms with E-state index in [0.29, 0.717) is 24.6 Å². The van der Waals surface area contributed by atoms with Gasteiger partial charge < -0.3 is 20.7 Å². The quantitative estimate of drug-likeness (QED) is 0.498. The topological polar surface area (TPSA) is 74.8 Å². The monoisotopic (exact) mass is 348 g/mol. The molecule has 6 heteroatoms. The van der Waals surface area contributed by atoms with E-state index < -0.39 is 0 Å². The standard InChI is InChI=1S/C19H32N4O2/c1-7-14(2)23-17(24)16-10-8-9-15(11-16)12-21-18(20-5)22-13-19(3,4)25-6/h8-11,14H,7,12-13H2,1-6H3,(H,23,24)(H2,20,21,22). The molecule has 3 N–H and O–H groups in total. The van der Waals surface area contributed by atoms with Gasteiger partial charge in [0, 0.05) is 38.9 Å². The third kappa shape index (κ3) is 7.56. The van der Waals surface area contributed by atoms with Crippen molar-refractivity contribution in [3.05, 3.63) is 35.4 Å². The number of benzene rings is 1. The van der Waals surface area contributed by atoms with Crippen LogP contribution in [0.15, 0.2) is 29.3 Å². The van der Waals surface area contributed by atoms with Crippen molar-refractivity contribution in [1.29, 1.82) is 0 Å². The highest BCUT2D eigenvalue weighted by atomic mass is 16.5. The Morgan fingerprint density at radius 2 is 2.04 bits per heavy atom. The minimum Gasteiger partial charge on any atom is -0.377 e. The summed E-state index contributed by atoms with van der Waals surface area (Å²) in [6, 6.07) is 7.78. The van der Waals surface area contributed by atoms with Crippen LogP contribution in [0.25, 0.3) is 0 Å². The van der Waals surface area contributed by atoms with Gasteiger partial charge in [-0.05, 0) is 44.9 Å². The summed E-state index contributed by atoms with van der Waals surface area (Å²) in [6.45, 7) is 9.28. The number of carbonyl (C=O) groups is 1. The zero-order chi connectivity index (χ0) is 18.9. The summed E-state index contributed by atoms with van der Waals surface area (Å²) < 4.78 is 5.39. The van der Waals surface area contributed by atoms with Gasteiger partial charge in [0.2, 0.25) is 0 Å². The molecule has 25 heavy (non-hydrogen) atoms. The zero-order valence-corrected chi connectivity index (χ0v) is 16.3. The molecule has 0 aliphatic carbocycles. The van der Waals surface area contributed by atoms with Crippen molar-refractivity contribution >= 4 is 11.9 Å². The Kier molecular flexibility index (Phi) is 8.41. The summed E-state index contributed by atoms with van der Waals surface area (Å²) in [7, 11) is 3.42. The van der Waals surface area contributed by atoms with E-state index in [1.807, 2.05) is 45.0 Å². The number of ether oxygens (including phenoxy) is 1. The van der Waals surface area contributed by atoms with Gasteiger partial charge >= 0.3 is 0 Å². The molecule has 1 unspecified atom stereocenters. The molecule has 0 aromatic heterocycles. The van der Waals surface area contributed by atoms with E-state index in [2.05, 4.69) is 27.9 Å². The molecule has 0 radical (unpaired) electrons. The Bertz CT molecular complexity index is 585. The number of hydrogen-bond acceptors (Lipinski definition) is 3. The maximum absolute atomic E-state index is 12.2. The van der Waals surface area contributed by atoms with Gasteiger partial charge in [0.1, 0.15) is 0 Å². The molecule has 0 saturated heterocycles. The maximum atomic E-state index is 12.2. The van der Waals surface area contributed by atoms with Gasteiger partial charge in [0.15, 0.2) is 5.96 Å². The van der Waals surface area contributed by atoms with Crippen LogP contribution >= 0.6 is 0 Å². The lowest BCUT2D eigenvalue weighted by Crippen LogP contribution is -2.45. The molecule has 1 rings (SSSR count). The van der Waals surface area contributed by atoms with E-state index in [1.54, 1.807) is 14.2 Å². The molecule has 0 bridgehead atoms. The summed E-state index contributed by atoms with van der Waals surface area (Å²) in [5.74, 6) is 0.653. The van der Waals surface area contributed by atoms with Gasteiger partial charge in [-0.3, -0.25) is 9.79 Å². The predicted octanol–water partition coefficient (Wildman–Crippen LogP) is 2.30. The molecule has 1 aromatic rings. The minimum atomic E-state index is -0.272. The van der Waals surface area contributed by atoms with E-state index in [0.717, 1.165) is 12.0 Å². The van der Waals surface area contributed by atoms with Crippen LogP contribution in [-0.4, -0.2) is 44.2 Å². The van der Waals surface area contributed by atoms with Crippen molar-refractivity contribution in [2.45, 2.75) is 52.3 Å². The number of hydrogen-bond donors (Lipinski definition) is 3. The molecule has 0 aliphatic rings. The third-order valence-electron chi connectivity index (χ3n) is 4.10. The van der Waals surface area contributed by atoms with Gasteiger partial charge in [-0.1, -0.05) is 19.1 Å². The first kappa shape index (κ1) is 21.0. The van der Waals surface area contributed by atoms with Crippen LogP contribution in [0.5, 0.6) is 0 Å². The van der Waals surface area contributed by atoms with Crippen LogP contribution in [0.2, 0.25) is 0 Å². The van der Waals surface area contributed by atoms with E-state index in [9.17, 15) is 4.79 Å². The molecule has 0 spiro atoms. The van der Waals surface area contributed by atoms with Crippen LogP contribution < -0.4 is 16.0 Å². The average molecular weight is 348 g/mol. The van der Waals surface area contributed by atoms with Crippen molar-refractivity contribution < 1.29 is 9.53 Å². The number of rotatable bonds is 8. The fourth-order valence-corrected chi connectivity index (χ4v) is 2.01. The highest BCUT2D eigenvalue weighted by molar-refractivity contribution is 5.94. The predicted molar refractivity (Wildman–Crippen MR) is 103 cm³/mol. The van der Waals surface area contributed by atoms with Crippen LogP contribution in [0, 0.1) is 0 Å². The van der Waals surface area contributed by atoms with E-state index >= 15 is 0 Å². The second-order valence-corrected chi connectivity index (χ2v) is 6.73. The Hall–Kier alpha value is -2.08. The van der Waals surface area contributed by atoms with Crippen molar-refractivity contribution in [3.63, 3.8) is 0 Å². The number of guanidine groups is 1. The second-order valence-electron chi connectivity index (χ2n) is 6.73. The molecular weight excluding hydrogens is 316 g/mol. The fourth-order valence-electron chi connectivity index (χ4n) is 2.01. The average Bonchev–Trinajstić information content (AvgIpc) is 2.61. The molecule has 1 aromatic carbocycles. The Morgan fingerprint density at radius 1 is 1.32 bits per heavy atom. The van der Waals surface area contributed by atoms with Gasteiger partial charge in [0.05, 0.1) is 5.60 Å². The van der Waals surface area contributed by atoms with E-state index in [1.165, 1.54) is 0 Å². The molecular formula is C19H32N4O2. The number of amides is 1. The lowest BCUT2D eigenvalue weighted by atomic mass is 10.1. The van der Waals surface area contributed by atoms with E-state index in [-0.39, 0.29) is 17.6 Å². The van der Waals surface area contributed by atoms with Crippen molar-refractivity contribution in [2.75, 3.05) is 20.7 Å². The molecule has 6 nitrogen and oxygen atoms in total. The smallest absolute Gasteiger partial charge is 0.251 e. The van der Waals surface area contributed by atoms with Crippen molar-refractivity contribution in [1.82, 2.24) is 16.0 Å². The largest absolute Gasteiger partial charge is 0.377 e. The summed E-state index contributed by atoms with van der Waals surface area (Å²) in [5, 5.41) is 9.47. The third-order valence-corrected chi connectivity index (χ3v) is 4.10. The van der Waals surface area contributed by atoms with Gasteiger partial charge in [0.25, 0.3) is 5.91 Å².